The van der Waals surface area contributed by atoms with Gasteiger partial charge in [-0.1, -0.05) is 0 Å². The van der Waals surface area contributed by atoms with Crippen LogP contribution in [0, 0.1) is 5.92 Å². The van der Waals surface area contributed by atoms with Crippen LogP contribution in [0.2, 0.25) is 0 Å². The topological polar surface area (TPSA) is 79.5 Å². The summed E-state index contributed by atoms with van der Waals surface area (Å²) in [4.78, 5) is 17.2. The highest BCUT2D eigenvalue weighted by Gasteiger charge is 2.27. The minimum atomic E-state index is -1.00. The van der Waals surface area contributed by atoms with Gasteiger partial charge in [0.25, 0.3) is 0 Å². The number of rotatable bonds is 5. The zero-order valence-corrected chi connectivity index (χ0v) is 10.8. The summed E-state index contributed by atoms with van der Waals surface area (Å²) in [7, 11) is 0. The fraction of sp³-hybridized carbons (Fsp3) is 0.538. The number of aromatic carboxylic acids is 1. The average Bonchev–Trinajstić information content (AvgIpc) is 3.09. The van der Waals surface area contributed by atoms with Gasteiger partial charge in [-0.2, -0.15) is 0 Å². The fourth-order valence-electron chi connectivity index (χ4n) is 1.95. The lowest BCUT2D eigenvalue weighted by Gasteiger charge is -2.29. The molecule has 5 nitrogen and oxygen atoms in total. The maximum absolute atomic E-state index is 10.8. The molecule has 5 heteroatoms. The molecule has 0 saturated heterocycles. The summed E-state index contributed by atoms with van der Waals surface area (Å²) in [5.74, 6) is 0.425. The average molecular weight is 249 g/mol. The quantitative estimate of drug-likeness (QED) is 0.834. The highest BCUT2D eigenvalue weighted by Crippen LogP contribution is 2.33. The highest BCUT2D eigenvalue weighted by molar-refractivity contribution is 5.89. The van der Waals surface area contributed by atoms with Crippen molar-refractivity contribution >= 4 is 17.5 Å². The molecular formula is C13H19N3O2. The maximum atomic E-state index is 10.8. The number of aromatic nitrogens is 1. The summed E-state index contributed by atoms with van der Waals surface area (Å²) in [5.41, 5.74) is 6.49. The van der Waals surface area contributed by atoms with E-state index in [0.717, 1.165) is 12.5 Å². The molecule has 1 aromatic rings. The Hall–Kier alpha value is -1.78. The van der Waals surface area contributed by atoms with Crippen LogP contribution in [0.1, 0.15) is 37.0 Å². The third kappa shape index (κ3) is 2.72. The number of carboxylic acids is 1. The van der Waals surface area contributed by atoms with E-state index in [1.165, 1.54) is 25.1 Å². The molecule has 1 heterocycles. The van der Waals surface area contributed by atoms with Gasteiger partial charge >= 0.3 is 5.97 Å². The van der Waals surface area contributed by atoms with Crippen molar-refractivity contribution in [3.05, 3.63) is 17.8 Å². The van der Waals surface area contributed by atoms with E-state index in [4.69, 9.17) is 10.8 Å². The molecule has 0 atom stereocenters. The van der Waals surface area contributed by atoms with Crippen molar-refractivity contribution in [1.29, 1.82) is 0 Å². The number of nitrogen functional groups attached to an aromatic ring is 1. The van der Waals surface area contributed by atoms with E-state index in [9.17, 15) is 4.79 Å². The first-order chi connectivity index (χ1) is 8.49. The third-order valence-corrected chi connectivity index (χ3v) is 3.19. The molecule has 18 heavy (non-hydrogen) atoms. The second-order valence-corrected chi connectivity index (χ2v) is 5.13. The zero-order valence-electron chi connectivity index (χ0n) is 10.8. The van der Waals surface area contributed by atoms with Crippen LogP contribution in [0.5, 0.6) is 0 Å². The lowest BCUT2D eigenvalue weighted by Crippen LogP contribution is -2.34. The van der Waals surface area contributed by atoms with E-state index in [2.05, 4.69) is 23.7 Å². The van der Waals surface area contributed by atoms with Crippen molar-refractivity contribution in [1.82, 2.24) is 4.98 Å². The van der Waals surface area contributed by atoms with Gasteiger partial charge < -0.3 is 15.7 Å². The number of anilines is 2. The SMILES string of the molecule is CC(C)N(CC1CC1)c1ncc(C(=O)O)cc1N. The van der Waals surface area contributed by atoms with Crippen LogP contribution in [0.25, 0.3) is 0 Å². The van der Waals surface area contributed by atoms with Gasteiger partial charge in [0, 0.05) is 18.8 Å². The van der Waals surface area contributed by atoms with Crippen LogP contribution < -0.4 is 10.6 Å². The second-order valence-electron chi connectivity index (χ2n) is 5.13. The van der Waals surface area contributed by atoms with Crippen LogP contribution >= 0.6 is 0 Å². The van der Waals surface area contributed by atoms with E-state index < -0.39 is 5.97 Å². The maximum Gasteiger partial charge on any atom is 0.337 e. The second kappa shape index (κ2) is 4.84. The Labute approximate surface area is 107 Å². The molecule has 1 aliphatic carbocycles. The van der Waals surface area contributed by atoms with Gasteiger partial charge in [0.05, 0.1) is 11.3 Å². The molecule has 3 N–H and O–H groups in total. The summed E-state index contributed by atoms with van der Waals surface area (Å²) in [6.45, 7) is 5.13. The summed E-state index contributed by atoms with van der Waals surface area (Å²) in [6, 6.07) is 1.78. The molecule has 1 saturated carbocycles. The van der Waals surface area contributed by atoms with Gasteiger partial charge in [0.15, 0.2) is 5.82 Å². The van der Waals surface area contributed by atoms with Crippen molar-refractivity contribution in [2.24, 2.45) is 5.92 Å². The van der Waals surface area contributed by atoms with Crippen molar-refractivity contribution in [2.75, 3.05) is 17.2 Å². The van der Waals surface area contributed by atoms with E-state index in [1.54, 1.807) is 0 Å². The normalized spacial score (nSPS) is 14.8. The molecule has 98 valence electrons. The van der Waals surface area contributed by atoms with Crippen molar-refractivity contribution in [2.45, 2.75) is 32.7 Å². The monoisotopic (exact) mass is 249 g/mol. The Bertz CT molecular complexity index is 456. The first-order valence-electron chi connectivity index (χ1n) is 6.24. The van der Waals surface area contributed by atoms with Crippen LogP contribution in [0.15, 0.2) is 12.3 Å². The van der Waals surface area contributed by atoms with Gasteiger partial charge in [-0.3, -0.25) is 0 Å². The van der Waals surface area contributed by atoms with E-state index >= 15 is 0 Å². The van der Waals surface area contributed by atoms with E-state index in [0.29, 0.717) is 17.5 Å². The molecule has 0 spiro atoms. The Morgan fingerprint density at radius 3 is 2.72 bits per heavy atom. The van der Waals surface area contributed by atoms with Crippen LogP contribution in [-0.4, -0.2) is 28.6 Å². The minimum absolute atomic E-state index is 0.131. The van der Waals surface area contributed by atoms with Crippen LogP contribution in [-0.2, 0) is 0 Å². The first-order valence-corrected chi connectivity index (χ1v) is 6.24. The minimum Gasteiger partial charge on any atom is -0.478 e. The zero-order chi connectivity index (χ0) is 13.3. The number of carbonyl (C=O) groups is 1. The number of nitrogens with zero attached hydrogens (tertiary/aromatic N) is 2. The van der Waals surface area contributed by atoms with Gasteiger partial charge in [-0.05, 0) is 38.7 Å². The number of nitrogens with two attached hydrogens (primary N) is 1. The molecule has 0 radical (unpaired) electrons. The number of carboxylic acid groups (broad SMARTS) is 1. The van der Waals surface area contributed by atoms with Gasteiger partial charge in [0.1, 0.15) is 0 Å². The molecule has 1 aromatic heterocycles. The highest BCUT2D eigenvalue weighted by atomic mass is 16.4. The van der Waals surface area contributed by atoms with E-state index in [1.807, 2.05) is 0 Å². The number of hydrogen-bond donors (Lipinski definition) is 2. The summed E-state index contributed by atoms with van der Waals surface area (Å²) in [5, 5.41) is 8.89. The molecule has 0 unspecified atom stereocenters. The molecular weight excluding hydrogens is 230 g/mol. The molecule has 2 rings (SSSR count). The molecule has 1 aliphatic rings. The molecule has 0 bridgehead atoms. The van der Waals surface area contributed by atoms with Gasteiger partial charge in [-0.15, -0.1) is 0 Å². The first kappa shape index (κ1) is 12.7. The predicted octanol–water partition coefficient (Wildman–Crippen LogP) is 1.99. The van der Waals surface area contributed by atoms with Crippen molar-refractivity contribution in [3.63, 3.8) is 0 Å². The predicted molar refractivity (Wildman–Crippen MR) is 70.8 cm³/mol. The number of pyridine rings is 1. The molecule has 0 aliphatic heterocycles. The lowest BCUT2D eigenvalue weighted by atomic mass is 10.2. The molecule has 1 fully saturated rings. The van der Waals surface area contributed by atoms with E-state index in [-0.39, 0.29) is 5.56 Å². The van der Waals surface area contributed by atoms with Crippen LogP contribution in [0.3, 0.4) is 0 Å². The Morgan fingerprint density at radius 1 is 1.61 bits per heavy atom. The molecule has 0 aromatic carbocycles. The standard InChI is InChI=1S/C13H19N3O2/c1-8(2)16(7-9-3-4-9)12-11(14)5-10(6-15-12)13(17)18/h5-6,8-9H,3-4,7,14H2,1-2H3,(H,17,18). The Morgan fingerprint density at radius 2 is 2.28 bits per heavy atom. The van der Waals surface area contributed by atoms with Crippen molar-refractivity contribution < 1.29 is 9.90 Å². The summed E-state index contributed by atoms with van der Waals surface area (Å²) >= 11 is 0. The van der Waals surface area contributed by atoms with Crippen molar-refractivity contribution in [3.8, 4) is 0 Å². The molecule has 0 amide bonds. The smallest absolute Gasteiger partial charge is 0.337 e. The Balaban J connectivity index is 2.26. The van der Waals surface area contributed by atoms with Gasteiger partial charge in [0.2, 0.25) is 0 Å². The number of hydrogen-bond acceptors (Lipinski definition) is 4. The summed E-state index contributed by atoms with van der Waals surface area (Å²) in [6.07, 6.45) is 3.89. The Kier molecular flexibility index (Phi) is 3.41. The summed E-state index contributed by atoms with van der Waals surface area (Å²) < 4.78 is 0. The third-order valence-electron chi connectivity index (χ3n) is 3.19. The largest absolute Gasteiger partial charge is 0.478 e. The lowest BCUT2D eigenvalue weighted by molar-refractivity contribution is 0.0696. The fourth-order valence-corrected chi connectivity index (χ4v) is 1.95. The van der Waals surface area contributed by atoms with Crippen LogP contribution in [0.4, 0.5) is 11.5 Å². The van der Waals surface area contributed by atoms with Gasteiger partial charge in [-0.25, -0.2) is 9.78 Å².